The second-order valence-electron chi connectivity index (χ2n) is 6.85. The Morgan fingerprint density at radius 3 is 2.10 bits per heavy atom. The molecule has 1 N–H and O–H groups in total. The van der Waals surface area contributed by atoms with Gasteiger partial charge in [-0.05, 0) is 30.2 Å². The predicted molar refractivity (Wildman–Crippen MR) is 117 cm³/mol. The Labute approximate surface area is 177 Å². The first-order chi connectivity index (χ1) is 14.7. The first kappa shape index (κ1) is 21.1. The van der Waals surface area contributed by atoms with Crippen molar-refractivity contribution in [2.24, 2.45) is 0 Å². The van der Waals surface area contributed by atoms with Crippen molar-refractivity contribution in [3.05, 3.63) is 102 Å². The van der Waals surface area contributed by atoms with E-state index in [1.54, 1.807) is 29.2 Å². The van der Waals surface area contributed by atoms with Gasteiger partial charge in [-0.2, -0.15) is 0 Å². The van der Waals surface area contributed by atoms with Crippen LogP contribution in [0.3, 0.4) is 0 Å². The number of hydrogen-bond acceptors (Lipinski definition) is 3. The summed E-state index contributed by atoms with van der Waals surface area (Å²) in [5, 5.41) is 2.90. The zero-order valence-electron chi connectivity index (χ0n) is 17.1. The average Bonchev–Trinajstić information content (AvgIpc) is 2.81. The van der Waals surface area contributed by atoms with E-state index in [4.69, 9.17) is 4.74 Å². The highest BCUT2D eigenvalue weighted by Gasteiger charge is 2.16. The fraction of sp³-hybridized carbons (Fsp3) is 0.200. The third-order valence-corrected chi connectivity index (χ3v) is 4.73. The number of amides is 2. The molecule has 0 heterocycles. The fourth-order valence-electron chi connectivity index (χ4n) is 3.06. The van der Waals surface area contributed by atoms with Gasteiger partial charge in [-0.1, -0.05) is 72.8 Å². The summed E-state index contributed by atoms with van der Waals surface area (Å²) in [5.41, 5.74) is 2.49. The SMILES string of the molecule is CCN(Cc1ccccc1)C(=O)COc1ccccc1C(=O)NCc1ccccc1. The van der Waals surface area contributed by atoms with E-state index in [0.717, 1.165) is 11.1 Å². The highest BCUT2D eigenvalue weighted by atomic mass is 16.5. The number of nitrogens with one attached hydrogen (secondary N) is 1. The topological polar surface area (TPSA) is 58.6 Å². The third-order valence-electron chi connectivity index (χ3n) is 4.73. The van der Waals surface area contributed by atoms with Crippen LogP contribution >= 0.6 is 0 Å². The number of carbonyl (C=O) groups excluding carboxylic acids is 2. The minimum Gasteiger partial charge on any atom is -0.483 e. The molecule has 0 spiro atoms. The van der Waals surface area contributed by atoms with Crippen LogP contribution in [-0.2, 0) is 17.9 Å². The molecule has 0 atom stereocenters. The molecular formula is C25H26N2O3. The van der Waals surface area contributed by atoms with Crippen molar-refractivity contribution in [1.29, 1.82) is 0 Å². The minimum atomic E-state index is -0.237. The van der Waals surface area contributed by atoms with E-state index >= 15 is 0 Å². The summed E-state index contributed by atoms with van der Waals surface area (Å²) in [6.45, 7) is 3.35. The Kier molecular flexibility index (Phi) is 7.61. The van der Waals surface area contributed by atoms with Gasteiger partial charge in [-0.25, -0.2) is 0 Å². The second kappa shape index (κ2) is 10.8. The average molecular weight is 402 g/mol. The Hall–Kier alpha value is -3.60. The number of ether oxygens (including phenoxy) is 1. The van der Waals surface area contributed by atoms with Crippen LogP contribution in [0.2, 0.25) is 0 Å². The van der Waals surface area contributed by atoms with Crippen molar-refractivity contribution in [2.45, 2.75) is 20.0 Å². The van der Waals surface area contributed by atoms with Crippen LogP contribution in [0.1, 0.15) is 28.4 Å². The largest absolute Gasteiger partial charge is 0.483 e. The smallest absolute Gasteiger partial charge is 0.260 e. The maximum atomic E-state index is 12.6. The lowest BCUT2D eigenvalue weighted by Gasteiger charge is -2.21. The van der Waals surface area contributed by atoms with Crippen molar-refractivity contribution in [3.63, 3.8) is 0 Å². The fourth-order valence-corrected chi connectivity index (χ4v) is 3.06. The van der Waals surface area contributed by atoms with Crippen molar-refractivity contribution < 1.29 is 14.3 Å². The number of rotatable bonds is 9. The van der Waals surface area contributed by atoms with Gasteiger partial charge in [0.2, 0.25) is 0 Å². The third kappa shape index (κ3) is 5.95. The van der Waals surface area contributed by atoms with Crippen LogP contribution in [0, 0.1) is 0 Å². The zero-order valence-corrected chi connectivity index (χ0v) is 17.1. The Morgan fingerprint density at radius 2 is 1.43 bits per heavy atom. The Balaban J connectivity index is 1.59. The Bertz CT molecular complexity index is 958. The van der Waals surface area contributed by atoms with Gasteiger partial charge >= 0.3 is 0 Å². The number of hydrogen-bond donors (Lipinski definition) is 1. The summed E-state index contributed by atoms with van der Waals surface area (Å²) >= 11 is 0. The van der Waals surface area contributed by atoms with Crippen LogP contribution in [-0.4, -0.2) is 29.9 Å². The molecule has 30 heavy (non-hydrogen) atoms. The van der Waals surface area contributed by atoms with E-state index in [0.29, 0.717) is 30.9 Å². The molecule has 0 aliphatic carbocycles. The van der Waals surface area contributed by atoms with Gasteiger partial charge in [-0.15, -0.1) is 0 Å². The molecule has 5 nitrogen and oxygen atoms in total. The molecule has 154 valence electrons. The molecule has 3 aromatic rings. The molecule has 2 amide bonds. The Morgan fingerprint density at radius 1 is 0.833 bits per heavy atom. The number of para-hydroxylation sites is 1. The summed E-state index contributed by atoms with van der Waals surface area (Å²) in [7, 11) is 0. The maximum Gasteiger partial charge on any atom is 0.260 e. The normalized spacial score (nSPS) is 10.3. The van der Waals surface area contributed by atoms with Crippen molar-refractivity contribution in [2.75, 3.05) is 13.2 Å². The van der Waals surface area contributed by atoms with Gasteiger partial charge in [0, 0.05) is 19.6 Å². The summed E-state index contributed by atoms with van der Waals surface area (Å²) in [6.07, 6.45) is 0. The molecule has 0 bridgehead atoms. The lowest BCUT2D eigenvalue weighted by atomic mass is 10.1. The van der Waals surface area contributed by atoms with Gasteiger partial charge in [0.15, 0.2) is 6.61 Å². The van der Waals surface area contributed by atoms with Crippen LogP contribution in [0.4, 0.5) is 0 Å². The molecule has 5 heteroatoms. The van der Waals surface area contributed by atoms with E-state index in [9.17, 15) is 9.59 Å². The quantitative estimate of drug-likeness (QED) is 0.588. The van der Waals surface area contributed by atoms with E-state index in [2.05, 4.69) is 5.32 Å². The molecule has 0 saturated carbocycles. The van der Waals surface area contributed by atoms with Gasteiger partial charge in [-0.3, -0.25) is 9.59 Å². The lowest BCUT2D eigenvalue weighted by Crippen LogP contribution is -2.34. The van der Waals surface area contributed by atoms with E-state index < -0.39 is 0 Å². The van der Waals surface area contributed by atoms with Crippen molar-refractivity contribution >= 4 is 11.8 Å². The molecule has 0 unspecified atom stereocenters. The predicted octanol–water partition coefficient (Wildman–Crippen LogP) is 4.04. The molecule has 0 aromatic heterocycles. The summed E-state index contributed by atoms with van der Waals surface area (Å²) in [5.74, 6) is 0.0339. The molecule has 3 aromatic carbocycles. The van der Waals surface area contributed by atoms with Gasteiger partial charge < -0.3 is 15.0 Å². The maximum absolute atomic E-state index is 12.6. The van der Waals surface area contributed by atoms with E-state index in [-0.39, 0.29) is 18.4 Å². The first-order valence-corrected chi connectivity index (χ1v) is 10.0. The molecule has 0 aliphatic heterocycles. The summed E-state index contributed by atoms with van der Waals surface area (Å²) in [6, 6.07) is 26.5. The van der Waals surface area contributed by atoms with Crippen molar-refractivity contribution in [3.8, 4) is 5.75 Å². The summed E-state index contributed by atoms with van der Waals surface area (Å²) in [4.78, 5) is 27.0. The molecule has 0 saturated heterocycles. The van der Waals surface area contributed by atoms with Crippen LogP contribution in [0.25, 0.3) is 0 Å². The highest BCUT2D eigenvalue weighted by Crippen LogP contribution is 2.18. The van der Waals surface area contributed by atoms with E-state index in [1.807, 2.05) is 67.6 Å². The first-order valence-electron chi connectivity index (χ1n) is 10.0. The number of nitrogens with zero attached hydrogens (tertiary/aromatic N) is 1. The van der Waals surface area contributed by atoms with Crippen LogP contribution < -0.4 is 10.1 Å². The minimum absolute atomic E-state index is 0.121. The molecule has 3 rings (SSSR count). The van der Waals surface area contributed by atoms with Gasteiger partial charge in [0.1, 0.15) is 5.75 Å². The number of likely N-dealkylation sites (N-methyl/N-ethyl adjacent to an activating group) is 1. The highest BCUT2D eigenvalue weighted by molar-refractivity contribution is 5.97. The molecule has 0 aliphatic rings. The number of carbonyl (C=O) groups is 2. The lowest BCUT2D eigenvalue weighted by molar-refractivity contribution is -0.133. The van der Waals surface area contributed by atoms with Crippen LogP contribution in [0.5, 0.6) is 5.75 Å². The van der Waals surface area contributed by atoms with Gasteiger partial charge in [0.05, 0.1) is 5.56 Å². The molecular weight excluding hydrogens is 376 g/mol. The number of benzene rings is 3. The van der Waals surface area contributed by atoms with E-state index in [1.165, 1.54) is 0 Å². The standard InChI is InChI=1S/C25H26N2O3/c1-2-27(18-21-13-7-4-8-14-21)24(28)19-30-23-16-10-9-15-22(23)25(29)26-17-20-11-5-3-6-12-20/h3-16H,2,17-19H2,1H3,(H,26,29). The second-order valence-corrected chi connectivity index (χ2v) is 6.85. The molecule has 0 fully saturated rings. The van der Waals surface area contributed by atoms with Gasteiger partial charge in [0.25, 0.3) is 11.8 Å². The molecule has 0 radical (unpaired) electrons. The summed E-state index contributed by atoms with van der Waals surface area (Å²) < 4.78 is 5.74. The monoisotopic (exact) mass is 402 g/mol. The zero-order chi connectivity index (χ0) is 21.2. The van der Waals surface area contributed by atoms with Crippen molar-refractivity contribution in [1.82, 2.24) is 10.2 Å². The van der Waals surface area contributed by atoms with Crippen LogP contribution in [0.15, 0.2) is 84.9 Å².